The molecule has 66 valence electrons. The van der Waals surface area contributed by atoms with E-state index in [4.69, 9.17) is 0 Å². The highest BCUT2D eigenvalue weighted by atomic mass is 32.1. The molecule has 0 saturated heterocycles. The van der Waals surface area contributed by atoms with Gasteiger partial charge < -0.3 is 5.11 Å². The Morgan fingerprint density at radius 2 is 2.23 bits per heavy atom. The summed E-state index contributed by atoms with van der Waals surface area (Å²) in [6.07, 6.45) is 0. The third-order valence-electron chi connectivity index (χ3n) is 1.56. The number of hydrogen-bond donors (Lipinski definition) is 1. The molecule has 0 aliphatic rings. The van der Waals surface area contributed by atoms with Crippen LogP contribution in [0.1, 0.15) is 0 Å². The molecule has 0 spiro atoms. The Balaban J connectivity index is 2.88. The molecule has 1 heterocycles. The van der Waals surface area contributed by atoms with Crippen molar-refractivity contribution in [3.8, 4) is 5.75 Å². The maximum Gasteiger partial charge on any atom is 0.339 e. The molecule has 6 nitrogen and oxygen atoms in total. The predicted octanol–water partition coefficient (Wildman–Crippen LogP) is 1.31. The van der Waals surface area contributed by atoms with Gasteiger partial charge in [0.25, 0.3) is 0 Å². The number of aromatic hydroxyl groups is 1. The van der Waals surface area contributed by atoms with E-state index in [-0.39, 0.29) is 17.0 Å². The van der Waals surface area contributed by atoms with Crippen molar-refractivity contribution in [1.29, 1.82) is 0 Å². The van der Waals surface area contributed by atoms with Crippen LogP contribution in [0.3, 0.4) is 0 Å². The van der Waals surface area contributed by atoms with Gasteiger partial charge in [0, 0.05) is 0 Å². The van der Waals surface area contributed by atoms with Crippen LogP contribution in [0.25, 0.3) is 11.0 Å². The number of nitro groups is 1. The Hall–Kier alpha value is -1.76. The second-order valence-electron chi connectivity index (χ2n) is 2.32. The highest BCUT2D eigenvalue weighted by Crippen LogP contribution is 2.32. The minimum atomic E-state index is -0.668. The number of phenolic OH excluding ortho intramolecular Hbond substituents is 1. The van der Waals surface area contributed by atoms with Gasteiger partial charge in [-0.25, -0.2) is 0 Å². The Labute approximate surface area is 75.9 Å². The van der Waals surface area contributed by atoms with Crippen molar-refractivity contribution in [2.24, 2.45) is 0 Å². The van der Waals surface area contributed by atoms with Crippen molar-refractivity contribution in [1.82, 2.24) is 8.75 Å². The van der Waals surface area contributed by atoms with Crippen LogP contribution in [0.5, 0.6) is 5.75 Å². The summed E-state index contributed by atoms with van der Waals surface area (Å²) >= 11 is 0.878. The molecule has 2 rings (SSSR count). The smallest absolute Gasteiger partial charge is 0.339 e. The van der Waals surface area contributed by atoms with Gasteiger partial charge in [-0.2, -0.15) is 8.75 Å². The van der Waals surface area contributed by atoms with Crippen molar-refractivity contribution < 1.29 is 10.0 Å². The lowest BCUT2D eigenvalue weighted by Gasteiger charge is -1.94. The van der Waals surface area contributed by atoms with Crippen molar-refractivity contribution in [3.05, 3.63) is 22.2 Å². The largest absolute Gasteiger partial charge is 0.502 e. The quantitative estimate of drug-likeness (QED) is 0.549. The molecule has 2 aromatic rings. The van der Waals surface area contributed by atoms with E-state index >= 15 is 0 Å². The molecule has 0 unspecified atom stereocenters. The van der Waals surface area contributed by atoms with Gasteiger partial charge in [-0.1, -0.05) is 0 Å². The number of hydrogen-bond acceptors (Lipinski definition) is 6. The average molecular weight is 197 g/mol. The second kappa shape index (κ2) is 2.63. The first-order chi connectivity index (χ1) is 6.20. The number of nitrogens with zero attached hydrogens (tertiary/aromatic N) is 3. The van der Waals surface area contributed by atoms with Crippen LogP contribution >= 0.6 is 11.7 Å². The van der Waals surface area contributed by atoms with Gasteiger partial charge >= 0.3 is 5.69 Å². The predicted molar refractivity (Wildman–Crippen MR) is 45.7 cm³/mol. The van der Waals surface area contributed by atoms with E-state index in [1.165, 1.54) is 12.1 Å². The van der Waals surface area contributed by atoms with Gasteiger partial charge in [0.05, 0.1) is 16.7 Å². The average Bonchev–Trinajstić information content (AvgIpc) is 2.50. The molecule has 0 aliphatic heterocycles. The van der Waals surface area contributed by atoms with Crippen LogP contribution in [0, 0.1) is 10.1 Å². The SMILES string of the molecule is O=[N+]([O-])c1c(O)ccc2nsnc12. The summed E-state index contributed by atoms with van der Waals surface area (Å²) < 4.78 is 7.55. The molecule has 1 aromatic carbocycles. The molecular weight excluding hydrogens is 194 g/mol. The Kier molecular flexibility index (Phi) is 1.59. The molecule has 0 atom stereocenters. The van der Waals surface area contributed by atoms with Gasteiger partial charge in [-0.05, 0) is 12.1 Å². The summed E-state index contributed by atoms with van der Waals surface area (Å²) in [4.78, 5) is 9.85. The summed E-state index contributed by atoms with van der Waals surface area (Å²) in [7, 11) is 0. The van der Waals surface area contributed by atoms with Gasteiger partial charge in [-0.15, -0.1) is 0 Å². The lowest BCUT2D eigenvalue weighted by atomic mass is 10.2. The van der Waals surface area contributed by atoms with Crippen LogP contribution in [0.4, 0.5) is 5.69 Å². The highest BCUT2D eigenvalue weighted by molar-refractivity contribution is 7.00. The van der Waals surface area contributed by atoms with Crippen LogP contribution < -0.4 is 0 Å². The second-order valence-corrected chi connectivity index (χ2v) is 2.85. The van der Waals surface area contributed by atoms with E-state index in [1.807, 2.05) is 0 Å². The van der Waals surface area contributed by atoms with E-state index in [1.54, 1.807) is 0 Å². The maximum atomic E-state index is 10.5. The number of nitro benzene ring substituents is 1. The minimum Gasteiger partial charge on any atom is -0.502 e. The molecule has 0 fully saturated rings. The highest BCUT2D eigenvalue weighted by Gasteiger charge is 2.20. The van der Waals surface area contributed by atoms with Gasteiger partial charge in [0.1, 0.15) is 5.52 Å². The number of benzene rings is 1. The first-order valence-electron chi connectivity index (χ1n) is 3.29. The molecule has 0 bridgehead atoms. The van der Waals surface area contributed by atoms with Crippen LogP contribution in [-0.4, -0.2) is 18.8 Å². The number of phenols is 1. The molecule has 0 amide bonds. The zero-order valence-corrected chi connectivity index (χ0v) is 6.98. The van der Waals surface area contributed by atoms with Gasteiger partial charge in [-0.3, -0.25) is 10.1 Å². The molecular formula is C6H3N3O3S. The fourth-order valence-electron chi connectivity index (χ4n) is 1.01. The number of fused-ring (bicyclic) bond motifs is 1. The fourth-order valence-corrected chi connectivity index (χ4v) is 1.55. The number of rotatable bonds is 1. The summed E-state index contributed by atoms with van der Waals surface area (Å²) in [5.41, 5.74) is 0.177. The Morgan fingerprint density at radius 3 is 2.92 bits per heavy atom. The zero-order chi connectivity index (χ0) is 9.42. The van der Waals surface area contributed by atoms with Crippen molar-refractivity contribution in [2.45, 2.75) is 0 Å². The zero-order valence-electron chi connectivity index (χ0n) is 6.17. The Morgan fingerprint density at radius 1 is 1.46 bits per heavy atom. The van der Waals surface area contributed by atoms with Crippen molar-refractivity contribution in [3.63, 3.8) is 0 Å². The summed E-state index contributed by atoms with van der Waals surface area (Å²) in [6.45, 7) is 0. The van der Waals surface area contributed by atoms with Crippen molar-refractivity contribution >= 4 is 28.4 Å². The van der Waals surface area contributed by atoms with Gasteiger partial charge in [0.2, 0.25) is 0 Å². The summed E-state index contributed by atoms with van der Waals surface area (Å²) in [5.74, 6) is -0.384. The van der Waals surface area contributed by atoms with E-state index < -0.39 is 4.92 Å². The molecule has 1 N–H and O–H groups in total. The van der Waals surface area contributed by atoms with E-state index in [2.05, 4.69) is 8.75 Å². The third-order valence-corrected chi connectivity index (χ3v) is 2.11. The summed E-state index contributed by atoms with van der Waals surface area (Å²) in [5, 5.41) is 19.7. The lowest BCUT2D eigenvalue weighted by molar-refractivity contribution is -0.384. The fraction of sp³-hybridized carbons (Fsp3) is 0. The molecule has 0 saturated carbocycles. The Bertz CT molecular complexity index is 481. The third kappa shape index (κ3) is 1.09. The van der Waals surface area contributed by atoms with E-state index in [0.717, 1.165) is 11.7 Å². The van der Waals surface area contributed by atoms with Gasteiger partial charge in [0.15, 0.2) is 11.3 Å². The monoisotopic (exact) mass is 197 g/mol. The normalized spacial score (nSPS) is 10.5. The first kappa shape index (κ1) is 7.87. The molecule has 0 aliphatic carbocycles. The lowest BCUT2D eigenvalue weighted by Crippen LogP contribution is -1.89. The first-order valence-corrected chi connectivity index (χ1v) is 4.02. The standard InChI is InChI=1S/C6H3N3O3S/c10-4-2-1-3-5(8-13-7-3)6(4)9(11)12/h1-2,10H. The van der Waals surface area contributed by atoms with E-state index in [9.17, 15) is 15.2 Å². The van der Waals surface area contributed by atoms with Crippen LogP contribution in [0.2, 0.25) is 0 Å². The molecule has 1 aromatic heterocycles. The topological polar surface area (TPSA) is 89.2 Å². The van der Waals surface area contributed by atoms with Crippen LogP contribution in [-0.2, 0) is 0 Å². The maximum absolute atomic E-state index is 10.5. The molecule has 7 heteroatoms. The molecule has 13 heavy (non-hydrogen) atoms. The minimum absolute atomic E-state index is 0.134. The van der Waals surface area contributed by atoms with Crippen LogP contribution in [0.15, 0.2) is 12.1 Å². The molecule has 0 radical (unpaired) electrons. The number of aromatic nitrogens is 2. The van der Waals surface area contributed by atoms with Crippen molar-refractivity contribution in [2.75, 3.05) is 0 Å². The summed E-state index contributed by atoms with van der Waals surface area (Å²) in [6, 6.07) is 2.73. The van der Waals surface area contributed by atoms with E-state index in [0.29, 0.717) is 5.52 Å².